The third kappa shape index (κ3) is 2.15. The van der Waals surface area contributed by atoms with E-state index in [0.29, 0.717) is 12.0 Å². The Hall–Kier alpha value is -1.69. The van der Waals surface area contributed by atoms with Crippen molar-refractivity contribution in [2.24, 2.45) is 27.1 Å². The van der Waals surface area contributed by atoms with Crippen LogP contribution in [0, 0.1) is 16.2 Å². The highest BCUT2D eigenvalue weighted by molar-refractivity contribution is 9.10. The van der Waals surface area contributed by atoms with Gasteiger partial charge in [-0.15, -0.1) is 0 Å². The first-order chi connectivity index (χ1) is 11.1. The number of fused-ring (bicyclic) bond motifs is 2. The van der Waals surface area contributed by atoms with Crippen molar-refractivity contribution in [2.45, 2.75) is 40.0 Å². The molecule has 0 spiro atoms. The largest absolute Gasteiger partial charge is 0.369 e. The van der Waals surface area contributed by atoms with Crippen LogP contribution in [0.1, 0.15) is 50.4 Å². The first-order valence-electron chi connectivity index (χ1n) is 8.07. The Morgan fingerprint density at radius 1 is 1.17 bits per heavy atom. The van der Waals surface area contributed by atoms with Crippen LogP contribution < -0.4 is 11.2 Å². The van der Waals surface area contributed by atoms with Gasteiger partial charge in [-0.1, -0.05) is 36.7 Å². The molecular weight excluding hydrogens is 370 g/mol. The molecule has 2 atom stereocenters. The van der Waals surface area contributed by atoms with Crippen molar-refractivity contribution in [3.05, 3.63) is 34.3 Å². The fourth-order valence-corrected chi connectivity index (χ4v) is 4.64. The van der Waals surface area contributed by atoms with Crippen LogP contribution in [0.25, 0.3) is 0 Å². The van der Waals surface area contributed by atoms with Gasteiger partial charge < -0.3 is 5.73 Å². The smallest absolute Gasteiger partial charge is 0.271 e. The molecule has 2 aliphatic rings. The highest BCUT2D eigenvalue weighted by atomic mass is 79.9. The fraction of sp³-hybridized carbons (Fsp3) is 0.500. The lowest BCUT2D eigenvalue weighted by Gasteiger charge is -2.38. The number of rotatable bonds is 3. The standard InChI is InChI=1S/C18H22BrN3O2/c1-16(2)17(3)8-9-18(16,15(20)24)10-13(17)21-22-14(23)11-4-6-12(19)7-5-11/h4-7H,8-10H2,1-3H3,(H2,20,24)(H,22,23)/b21-13-. The molecule has 0 aliphatic heterocycles. The molecule has 128 valence electrons. The molecule has 6 heteroatoms. The normalized spacial score (nSPS) is 32.1. The highest BCUT2D eigenvalue weighted by Gasteiger charge is 2.71. The molecule has 0 radical (unpaired) electrons. The highest BCUT2D eigenvalue weighted by Crippen LogP contribution is 2.70. The van der Waals surface area contributed by atoms with Crippen molar-refractivity contribution in [1.29, 1.82) is 0 Å². The Balaban J connectivity index is 1.86. The molecule has 3 rings (SSSR count). The summed E-state index contributed by atoms with van der Waals surface area (Å²) in [5.74, 6) is -0.520. The van der Waals surface area contributed by atoms with Gasteiger partial charge in [-0.2, -0.15) is 5.10 Å². The number of nitrogens with zero attached hydrogens (tertiary/aromatic N) is 1. The minimum atomic E-state index is -0.567. The molecule has 2 unspecified atom stereocenters. The number of carbonyl (C=O) groups is 2. The molecule has 1 aromatic rings. The second kappa shape index (κ2) is 5.41. The van der Waals surface area contributed by atoms with Crippen LogP contribution in [0.5, 0.6) is 0 Å². The van der Waals surface area contributed by atoms with E-state index < -0.39 is 5.41 Å². The summed E-state index contributed by atoms with van der Waals surface area (Å²) in [5, 5.41) is 4.40. The van der Waals surface area contributed by atoms with Crippen molar-refractivity contribution < 1.29 is 9.59 Å². The summed E-state index contributed by atoms with van der Waals surface area (Å²) in [4.78, 5) is 24.4. The van der Waals surface area contributed by atoms with E-state index in [2.05, 4.69) is 47.2 Å². The zero-order valence-corrected chi connectivity index (χ0v) is 15.7. The molecule has 5 nitrogen and oxygen atoms in total. The Morgan fingerprint density at radius 2 is 1.79 bits per heavy atom. The number of amides is 2. The van der Waals surface area contributed by atoms with Crippen molar-refractivity contribution in [2.75, 3.05) is 0 Å². The van der Waals surface area contributed by atoms with E-state index in [-0.39, 0.29) is 22.6 Å². The molecule has 24 heavy (non-hydrogen) atoms. The van der Waals surface area contributed by atoms with Gasteiger partial charge in [0.05, 0.1) is 5.41 Å². The summed E-state index contributed by atoms with van der Waals surface area (Å²) in [6.45, 7) is 6.29. The van der Waals surface area contributed by atoms with E-state index in [0.717, 1.165) is 23.0 Å². The average molecular weight is 392 g/mol. The third-order valence-corrected chi connectivity index (χ3v) is 7.13. The van der Waals surface area contributed by atoms with Gasteiger partial charge in [0.15, 0.2) is 0 Å². The molecule has 0 saturated heterocycles. The lowest BCUT2D eigenvalue weighted by atomic mass is 9.64. The lowest BCUT2D eigenvalue weighted by Crippen LogP contribution is -2.44. The summed E-state index contributed by atoms with van der Waals surface area (Å²) in [7, 11) is 0. The summed E-state index contributed by atoms with van der Waals surface area (Å²) in [5.41, 5.74) is 8.73. The van der Waals surface area contributed by atoms with Crippen molar-refractivity contribution >= 4 is 33.5 Å². The summed E-state index contributed by atoms with van der Waals surface area (Å²) < 4.78 is 0.913. The number of halogens is 1. The van der Waals surface area contributed by atoms with Gasteiger partial charge in [0.1, 0.15) is 0 Å². The van der Waals surface area contributed by atoms with Gasteiger partial charge in [-0.3, -0.25) is 9.59 Å². The van der Waals surface area contributed by atoms with Crippen LogP contribution in [0.2, 0.25) is 0 Å². The van der Waals surface area contributed by atoms with E-state index in [4.69, 9.17) is 5.73 Å². The molecule has 2 aliphatic carbocycles. The quantitative estimate of drug-likeness (QED) is 0.774. The zero-order valence-electron chi connectivity index (χ0n) is 14.1. The number of hydrogen-bond donors (Lipinski definition) is 2. The first-order valence-corrected chi connectivity index (χ1v) is 8.86. The van der Waals surface area contributed by atoms with Crippen molar-refractivity contribution in [1.82, 2.24) is 5.43 Å². The minimum Gasteiger partial charge on any atom is -0.369 e. The zero-order chi connectivity index (χ0) is 17.8. The molecule has 2 saturated carbocycles. The molecule has 0 heterocycles. The fourth-order valence-electron chi connectivity index (χ4n) is 4.38. The van der Waals surface area contributed by atoms with Crippen LogP contribution in [0.15, 0.2) is 33.8 Å². The van der Waals surface area contributed by atoms with Gasteiger partial charge in [0.25, 0.3) is 5.91 Å². The second-order valence-electron chi connectivity index (χ2n) is 7.59. The number of hydrazone groups is 1. The van der Waals surface area contributed by atoms with E-state index in [9.17, 15) is 9.59 Å². The maximum atomic E-state index is 12.3. The first kappa shape index (κ1) is 17.1. The van der Waals surface area contributed by atoms with Gasteiger partial charge in [-0.05, 0) is 42.5 Å². The van der Waals surface area contributed by atoms with Crippen molar-refractivity contribution in [3.63, 3.8) is 0 Å². The molecule has 2 bridgehead atoms. The van der Waals surface area contributed by atoms with Gasteiger partial charge in [-0.25, -0.2) is 5.43 Å². The molecule has 2 fully saturated rings. The predicted molar refractivity (Wildman–Crippen MR) is 96.4 cm³/mol. The maximum Gasteiger partial charge on any atom is 0.271 e. The molecule has 0 aromatic heterocycles. The van der Waals surface area contributed by atoms with Gasteiger partial charge in [0.2, 0.25) is 5.91 Å². The van der Waals surface area contributed by atoms with E-state index in [1.165, 1.54) is 0 Å². The number of primary amides is 1. The maximum absolute atomic E-state index is 12.3. The topological polar surface area (TPSA) is 84.6 Å². The van der Waals surface area contributed by atoms with E-state index >= 15 is 0 Å². The Morgan fingerprint density at radius 3 is 2.33 bits per heavy atom. The molecular formula is C18H22BrN3O2. The number of benzene rings is 1. The van der Waals surface area contributed by atoms with Gasteiger partial charge >= 0.3 is 0 Å². The van der Waals surface area contributed by atoms with Crippen LogP contribution in [-0.4, -0.2) is 17.5 Å². The number of nitrogens with one attached hydrogen (secondary N) is 1. The number of nitrogens with two attached hydrogens (primary N) is 1. The molecule has 1 aromatic carbocycles. The SMILES string of the molecule is CC12CCC(C(N)=O)(C/C1=N/NC(=O)c1ccc(Br)cc1)C2(C)C. The minimum absolute atomic E-state index is 0.227. The Labute approximate surface area is 150 Å². The molecule has 3 N–H and O–H groups in total. The van der Waals surface area contributed by atoms with Gasteiger partial charge in [0, 0.05) is 27.6 Å². The summed E-state index contributed by atoms with van der Waals surface area (Å²) >= 11 is 3.35. The Kier molecular flexibility index (Phi) is 3.86. The molecule has 2 amide bonds. The lowest BCUT2D eigenvalue weighted by molar-refractivity contribution is -0.132. The van der Waals surface area contributed by atoms with Crippen LogP contribution in [0.4, 0.5) is 0 Å². The van der Waals surface area contributed by atoms with E-state index in [1.807, 2.05) is 12.1 Å². The van der Waals surface area contributed by atoms with Crippen LogP contribution in [0.3, 0.4) is 0 Å². The predicted octanol–water partition coefficient (Wildman–Crippen LogP) is 3.24. The van der Waals surface area contributed by atoms with E-state index in [1.54, 1.807) is 12.1 Å². The third-order valence-electron chi connectivity index (χ3n) is 6.60. The number of hydrogen-bond acceptors (Lipinski definition) is 3. The summed E-state index contributed by atoms with van der Waals surface area (Å²) in [6, 6.07) is 7.09. The van der Waals surface area contributed by atoms with Crippen LogP contribution in [-0.2, 0) is 4.79 Å². The summed E-state index contributed by atoms with van der Waals surface area (Å²) in [6.07, 6.45) is 2.16. The Bertz CT molecular complexity index is 741. The monoisotopic (exact) mass is 391 g/mol. The average Bonchev–Trinajstić information content (AvgIpc) is 2.83. The second-order valence-corrected chi connectivity index (χ2v) is 8.50. The van der Waals surface area contributed by atoms with Crippen molar-refractivity contribution in [3.8, 4) is 0 Å². The van der Waals surface area contributed by atoms with Crippen LogP contribution >= 0.6 is 15.9 Å². The number of carbonyl (C=O) groups excluding carboxylic acids is 2.